The van der Waals surface area contributed by atoms with Crippen molar-refractivity contribution < 1.29 is 38.6 Å². The number of nitrogens with zero attached hydrogens (tertiary/aromatic N) is 5. The number of anilines is 2. The summed E-state index contributed by atoms with van der Waals surface area (Å²) in [7, 11) is -5.33. The van der Waals surface area contributed by atoms with E-state index in [4.69, 9.17) is 25.5 Å². The first-order valence-corrected chi connectivity index (χ1v) is 12.8. The van der Waals surface area contributed by atoms with Gasteiger partial charge in [-0.25, -0.2) is 9.78 Å². The molecular weight excluding hydrogens is 531 g/mol. The van der Waals surface area contributed by atoms with E-state index < -0.39 is 62.0 Å². The van der Waals surface area contributed by atoms with E-state index >= 15 is 0 Å². The van der Waals surface area contributed by atoms with Gasteiger partial charge in [-0.2, -0.15) is 9.97 Å². The van der Waals surface area contributed by atoms with Crippen molar-refractivity contribution in [1.29, 1.82) is 0 Å². The summed E-state index contributed by atoms with van der Waals surface area (Å²) in [6.07, 6.45) is -3.75. The van der Waals surface area contributed by atoms with Crippen molar-refractivity contribution in [2.45, 2.75) is 55.6 Å². The normalized spacial score (nSPS) is 31.1. The summed E-state index contributed by atoms with van der Waals surface area (Å²) in [6, 6.07) is 1.32. The lowest BCUT2D eigenvalue weighted by Crippen LogP contribution is -2.48. The molecule has 0 spiro atoms. The van der Waals surface area contributed by atoms with Crippen LogP contribution in [0, 0.1) is 0 Å². The monoisotopic (exact) mass is 555 g/mol. The number of aliphatic hydroxyl groups excluding tert-OH is 2. The second kappa shape index (κ2) is 9.51. The molecule has 2 aliphatic heterocycles. The van der Waals surface area contributed by atoms with Gasteiger partial charge in [-0.1, -0.05) is 0 Å². The Morgan fingerprint density at radius 3 is 2.71 bits per heavy atom. The molecule has 3 aromatic heterocycles. The first-order valence-electron chi connectivity index (χ1n) is 11.3. The number of phosphoric ester groups is 1. The van der Waals surface area contributed by atoms with Crippen LogP contribution in [0.4, 0.5) is 11.8 Å². The molecule has 3 unspecified atom stereocenters. The highest BCUT2D eigenvalue weighted by Crippen LogP contribution is 2.48. The Hall–Kier alpha value is -3.22. The van der Waals surface area contributed by atoms with Crippen LogP contribution in [0.15, 0.2) is 28.2 Å². The van der Waals surface area contributed by atoms with Crippen molar-refractivity contribution in [2.75, 3.05) is 18.1 Å². The third-order valence-electron chi connectivity index (χ3n) is 6.57. The van der Waals surface area contributed by atoms with Gasteiger partial charge in [0.2, 0.25) is 5.95 Å². The van der Waals surface area contributed by atoms with E-state index in [2.05, 4.69) is 19.9 Å². The highest BCUT2D eigenvalue weighted by molar-refractivity contribution is 7.44. The fourth-order valence-corrected chi connectivity index (χ4v) is 5.46. The van der Waals surface area contributed by atoms with E-state index in [0.29, 0.717) is 0 Å². The van der Waals surface area contributed by atoms with Gasteiger partial charge in [0.15, 0.2) is 11.2 Å². The Morgan fingerprint density at radius 1 is 1.26 bits per heavy atom. The van der Waals surface area contributed by atoms with Crippen LogP contribution in [0.25, 0.3) is 11.2 Å². The number of phosphoric acid groups is 1. The molecule has 2 fully saturated rings. The number of aromatic nitrogens is 6. The Labute approximate surface area is 212 Å². The van der Waals surface area contributed by atoms with Gasteiger partial charge in [0.25, 0.3) is 13.4 Å². The molecule has 19 heteroatoms. The molecule has 206 valence electrons. The predicted octanol–water partition coefficient (Wildman–Crippen LogP) is -2.92. The molecule has 7 atom stereocenters. The summed E-state index contributed by atoms with van der Waals surface area (Å²) in [5, 5.41) is 21.1. The molecule has 0 radical (unpaired) electrons. The van der Waals surface area contributed by atoms with E-state index in [1.54, 1.807) is 0 Å². The number of hydrogen-bond acceptors (Lipinski definition) is 14. The van der Waals surface area contributed by atoms with E-state index in [1.165, 1.54) is 23.2 Å². The maximum absolute atomic E-state index is 12.4. The fourth-order valence-electron chi connectivity index (χ4n) is 4.86. The Morgan fingerprint density at radius 2 is 2.03 bits per heavy atom. The summed E-state index contributed by atoms with van der Waals surface area (Å²) in [5.41, 5.74) is 8.06. The Balaban J connectivity index is 1.43. The lowest BCUT2D eigenvalue weighted by atomic mass is 9.89. The number of hydrogen-bond donors (Lipinski definition) is 6. The number of nitrogens with two attached hydrogens (primary N) is 2. The minimum atomic E-state index is -5.33. The average Bonchev–Trinajstić information content (AvgIpc) is 3.49. The molecule has 8 N–H and O–H groups in total. The SMILES string of the molecule is Nc1ccn([C@H]2CC(OP(=O)([O-])O)[C@](CO)(C[C@H]3OC(n4cnc5c(=O)[nH]c(N)nc54)C[C@@H]3O)O2)c(=O)n1. The van der Waals surface area contributed by atoms with Crippen molar-refractivity contribution in [3.63, 3.8) is 0 Å². The molecule has 5 rings (SSSR count). The zero-order chi connectivity index (χ0) is 27.4. The van der Waals surface area contributed by atoms with Gasteiger partial charge in [-0.15, -0.1) is 0 Å². The number of nitrogens with one attached hydrogen (secondary N) is 1. The number of imidazole rings is 1. The van der Waals surface area contributed by atoms with Crippen LogP contribution in [-0.2, 0) is 18.6 Å². The average molecular weight is 555 g/mol. The van der Waals surface area contributed by atoms with Gasteiger partial charge in [0.05, 0.1) is 25.1 Å². The van der Waals surface area contributed by atoms with Gasteiger partial charge < -0.3 is 45.5 Å². The van der Waals surface area contributed by atoms with Crippen molar-refractivity contribution in [2.24, 2.45) is 0 Å². The largest absolute Gasteiger partial charge is 0.756 e. The Kier molecular flexibility index (Phi) is 6.60. The number of fused-ring (bicyclic) bond motifs is 1. The topological polar surface area (TPSA) is 279 Å². The minimum absolute atomic E-state index is 0.000284. The van der Waals surface area contributed by atoms with Crippen molar-refractivity contribution in [3.8, 4) is 0 Å². The second-order valence-electron chi connectivity index (χ2n) is 9.05. The lowest BCUT2D eigenvalue weighted by Gasteiger charge is -2.36. The van der Waals surface area contributed by atoms with Crippen molar-refractivity contribution in [1.82, 2.24) is 29.1 Å². The zero-order valence-electron chi connectivity index (χ0n) is 19.5. The fraction of sp³-hybridized carbons (Fsp3) is 0.526. The van der Waals surface area contributed by atoms with Gasteiger partial charge in [-0.05, 0) is 6.07 Å². The summed E-state index contributed by atoms with van der Waals surface area (Å²) in [4.78, 5) is 59.5. The highest BCUT2D eigenvalue weighted by atomic mass is 31.2. The van der Waals surface area contributed by atoms with Gasteiger partial charge in [0.1, 0.15) is 30.0 Å². The molecule has 0 bridgehead atoms. The Bertz CT molecular complexity index is 1520. The van der Waals surface area contributed by atoms with Crippen molar-refractivity contribution >= 4 is 30.8 Å². The van der Waals surface area contributed by atoms with E-state index in [1.807, 2.05) is 0 Å². The van der Waals surface area contributed by atoms with Crippen LogP contribution >= 0.6 is 7.82 Å². The summed E-state index contributed by atoms with van der Waals surface area (Å²) >= 11 is 0. The van der Waals surface area contributed by atoms with E-state index in [-0.39, 0.29) is 42.2 Å². The summed E-state index contributed by atoms with van der Waals surface area (Å²) in [6.45, 7) is -0.829. The summed E-state index contributed by atoms with van der Waals surface area (Å²) < 4.78 is 30.8. The van der Waals surface area contributed by atoms with Crippen molar-refractivity contribution in [3.05, 3.63) is 39.4 Å². The van der Waals surface area contributed by atoms with E-state index in [9.17, 15) is 34.2 Å². The number of H-pyrrole nitrogens is 1. The first-order chi connectivity index (χ1) is 17.9. The maximum atomic E-state index is 12.4. The quantitative estimate of drug-likeness (QED) is 0.159. The van der Waals surface area contributed by atoms with Gasteiger partial charge >= 0.3 is 5.69 Å². The van der Waals surface area contributed by atoms with E-state index in [0.717, 1.165) is 4.57 Å². The van der Waals surface area contributed by atoms with Crippen LogP contribution in [-0.4, -0.2) is 74.7 Å². The smallest absolute Gasteiger partial charge is 0.351 e. The first kappa shape index (κ1) is 26.4. The predicted molar refractivity (Wildman–Crippen MR) is 124 cm³/mol. The molecule has 3 aromatic rings. The molecular formula is C19H24N8O10P-. The van der Waals surface area contributed by atoms with Crippen LogP contribution < -0.4 is 27.6 Å². The van der Waals surface area contributed by atoms with Crippen LogP contribution in [0.1, 0.15) is 31.7 Å². The zero-order valence-corrected chi connectivity index (χ0v) is 20.4. The third-order valence-corrected chi connectivity index (χ3v) is 7.10. The molecule has 0 amide bonds. The molecule has 38 heavy (non-hydrogen) atoms. The van der Waals surface area contributed by atoms with Crippen LogP contribution in [0.2, 0.25) is 0 Å². The molecule has 0 aromatic carbocycles. The lowest BCUT2D eigenvalue weighted by molar-refractivity contribution is -0.232. The number of nitrogen functional groups attached to an aromatic ring is 2. The van der Waals surface area contributed by atoms with Crippen LogP contribution in [0.3, 0.4) is 0 Å². The molecule has 2 aliphatic rings. The molecule has 18 nitrogen and oxygen atoms in total. The molecule has 5 heterocycles. The maximum Gasteiger partial charge on any atom is 0.351 e. The molecule has 2 saturated heterocycles. The van der Waals surface area contributed by atoms with Gasteiger partial charge in [-0.3, -0.25) is 23.5 Å². The minimum Gasteiger partial charge on any atom is -0.756 e. The number of rotatable bonds is 7. The van der Waals surface area contributed by atoms with Crippen LogP contribution in [0.5, 0.6) is 0 Å². The van der Waals surface area contributed by atoms with Gasteiger partial charge in [0, 0.05) is 25.5 Å². The molecule has 0 saturated carbocycles. The summed E-state index contributed by atoms with van der Waals surface area (Å²) in [5.74, 6) is -0.203. The number of aromatic amines is 1. The number of ether oxygens (including phenoxy) is 2. The second-order valence-corrected chi connectivity index (χ2v) is 10.2. The standard InChI is InChI=1S/C19H25N8O10P/c20-11-1-2-26(18(31)23-11)13-4-10(37-38(32,33)34)19(6-28,36-13)5-9-8(29)3-12(35-9)27-7-22-14-15(27)24-17(21)25-16(14)30/h1-2,7-10,12-13,28-29H,3-6H2,(H2,20,23,31)(H2,32,33,34)(H3,21,24,25,30)/p-1/t8-,9+,10?,12?,13+,19+/m0/s1. The third kappa shape index (κ3) is 4.83. The number of aliphatic hydroxyl groups is 2. The molecule has 0 aliphatic carbocycles. The highest BCUT2D eigenvalue weighted by Gasteiger charge is 2.54.